The Morgan fingerprint density at radius 2 is 1.96 bits per heavy atom. The number of amides is 1. The Balaban J connectivity index is 1.58. The van der Waals surface area contributed by atoms with Crippen LogP contribution in [0.25, 0.3) is 0 Å². The molecule has 1 amide bonds. The Kier molecular flexibility index (Phi) is 5.77. The van der Waals surface area contributed by atoms with E-state index in [4.69, 9.17) is 0 Å². The quantitative estimate of drug-likeness (QED) is 0.811. The number of unbranched alkanes of at least 4 members (excludes halogenated alkanes) is 1. The van der Waals surface area contributed by atoms with Crippen molar-refractivity contribution in [1.29, 1.82) is 0 Å². The second-order valence-corrected chi connectivity index (χ2v) is 6.01. The van der Waals surface area contributed by atoms with Crippen molar-refractivity contribution in [2.45, 2.75) is 19.8 Å². The lowest BCUT2D eigenvalue weighted by Crippen LogP contribution is -2.49. The van der Waals surface area contributed by atoms with Gasteiger partial charge in [-0.15, -0.1) is 0 Å². The molecule has 0 atom stereocenters. The fourth-order valence-corrected chi connectivity index (χ4v) is 2.78. The van der Waals surface area contributed by atoms with Gasteiger partial charge in [0.2, 0.25) is 5.95 Å². The van der Waals surface area contributed by atoms with Crippen molar-refractivity contribution in [2.24, 2.45) is 0 Å². The number of nitrogens with one attached hydrogen (secondary N) is 1. The second-order valence-electron chi connectivity index (χ2n) is 6.01. The highest BCUT2D eigenvalue weighted by molar-refractivity contribution is 5.92. The number of piperazine rings is 1. The average molecular weight is 340 g/mol. The molecule has 1 N–H and O–H groups in total. The summed E-state index contributed by atoms with van der Waals surface area (Å²) in [7, 11) is 0. The number of aromatic nitrogens is 3. The maximum absolute atomic E-state index is 12.7. The summed E-state index contributed by atoms with van der Waals surface area (Å²) in [5.74, 6) is 1.44. The van der Waals surface area contributed by atoms with Gasteiger partial charge in [-0.05, 0) is 24.6 Å². The third-order valence-corrected chi connectivity index (χ3v) is 4.23. The van der Waals surface area contributed by atoms with Crippen molar-refractivity contribution in [2.75, 3.05) is 42.9 Å². The number of carbonyl (C=O) groups is 1. The van der Waals surface area contributed by atoms with Gasteiger partial charge < -0.3 is 15.1 Å². The molecule has 1 aliphatic heterocycles. The molecule has 2 aromatic rings. The molecule has 0 spiro atoms. The Morgan fingerprint density at radius 1 is 1.12 bits per heavy atom. The minimum absolute atomic E-state index is 0.0402. The molecule has 7 nitrogen and oxygen atoms in total. The Morgan fingerprint density at radius 3 is 2.68 bits per heavy atom. The van der Waals surface area contributed by atoms with Crippen LogP contribution in [0.2, 0.25) is 0 Å². The van der Waals surface area contributed by atoms with E-state index in [1.807, 2.05) is 23.1 Å². The van der Waals surface area contributed by atoms with Crippen LogP contribution in [0.5, 0.6) is 0 Å². The third kappa shape index (κ3) is 4.43. The van der Waals surface area contributed by atoms with Crippen LogP contribution < -0.4 is 10.2 Å². The van der Waals surface area contributed by atoms with Gasteiger partial charge in [0.05, 0.1) is 0 Å². The molecule has 3 rings (SSSR count). The number of rotatable bonds is 6. The van der Waals surface area contributed by atoms with Crippen LogP contribution in [0.15, 0.2) is 36.7 Å². The predicted molar refractivity (Wildman–Crippen MR) is 97.8 cm³/mol. The maximum atomic E-state index is 12.7. The highest BCUT2D eigenvalue weighted by atomic mass is 16.2. The second kappa shape index (κ2) is 8.41. The van der Waals surface area contributed by atoms with Crippen molar-refractivity contribution in [3.63, 3.8) is 0 Å². The maximum Gasteiger partial charge on any atom is 0.272 e. The van der Waals surface area contributed by atoms with Crippen molar-refractivity contribution < 1.29 is 4.79 Å². The van der Waals surface area contributed by atoms with Crippen LogP contribution in [-0.2, 0) is 0 Å². The molecule has 1 aliphatic rings. The Hall–Kier alpha value is -2.70. The standard InChI is InChI=1S/C18H24N6O/c1-2-3-8-20-18-21-10-7-15(22-18)17(25)24-13-11-23(12-14-24)16-6-4-5-9-19-16/h4-7,9-10H,2-3,8,11-14H2,1H3,(H,20,21,22). The van der Waals surface area contributed by atoms with Gasteiger partial charge in [-0.2, -0.15) is 0 Å². The molecule has 132 valence electrons. The van der Waals surface area contributed by atoms with Crippen LogP contribution in [0.3, 0.4) is 0 Å². The zero-order valence-electron chi connectivity index (χ0n) is 14.6. The molecule has 0 unspecified atom stereocenters. The lowest BCUT2D eigenvalue weighted by atomic mass is 10.2. The summed E-state index contributed by atoms with van der Waals surface area (Å²) < 4.78 is 0. The van der Waals surface area contributed by atoms with Gasteiger partial charge in [0.25, 0.3) is 5.91 Å². The molecule has 1 saturated heterocycles. The number of pyridine rings is 1. The van der Waals surface area contributed by atoms with Crippen LogP contribution in [-0.4, -0.2) is 58.5 Å². The number of anilines is 2. The number of nitrogens with zero attached hydrogens (tertiary/aromatic N) is 5. The van der Waals surface area contributed by atoms with Gasteiger partial charge in [0, 0.05) is 45.1 Å². The van der Waals surface area contributed by atoms with E-state index in [2.05, 4.69) is 32.1 Å². The van der Waals surface area contributed by atoms with Gasteiger partial charge in [0.1, 0.15) is 11.5 Å². The van der Waals surface area contributed by atoms with E-state index >= 15 is 0 Å². The molecule has 0 bridgehead atoms. The Bertz CT molecular complexity index is 685. The first-order valence-electron chi connectivity index (χ1n) is 8.80. The lowest BCUT2D eigenvalue weighted by Gasteiger charge is -2.35. The molecular formula is C18H24N6O. The minimum Gasteiger partial charge on any atom is -0.354 e. The first-order valence-corrected chi connectivity index (χ1v) is 8.80. The molecule has 3 heterocycles. The van der Waals surface area contributed by atoms with E-state index in [9.17, 15) is 4.79 Å². The van der Waals surface area contributed by atoms with E-state index in [1.165, 1.54) is 0 Å². The van der Waals surface area contributed by atoms with Crippen molar-refractivity contribution >= 4 is 17.7 Å². The SMILES string of the molecule is CCCCNc1nccc(C(=O)N2CCN(c3ccccn3)CC2)n1. The van der Waals surface area contributed by atoms with Crippen molar-refractivity contribution in [3.05, 3.63) is 42.4 Å². The predicted octanol–water partition coefficient (Wildman–Crippen LogP) is 2.05. The highest BCUT2D eigenvalue weighted by Crippen LogP contribution is 2.14. The summed E-state index contributed by atoms with van der Waals surface area (Å²) in [6.45, 7) is 5.82. The molecule has 7 heteroatoms. The summed E-state index contributed by atoms with van der Waals surface area (Å²) in [4.78, 5) is 29.6. The third-order valence-electron chi connectivity index (χ3n) is 4.23. The number of hydrogen-bond acceptors (Lipinski definition) is 6. The van der Waals surface area contributed by atoms with Gasteiger partial charge in [-0.25, -0.2) is 15.0 Å². The van der Waals surface area contributed by atoms with Crippen LogP contribution in [0.4, 0.5) is 11.8 Å². The average Bonchev–Trinajstić information content (AvgIpc) is 2.69. The molecule has 0 radical (unpaired) electrons. The normalized spacial score (nSPS) is 14.4. The Labute approximate surface area is 148 Å². The van der Waals surface area contributed by atoms with Crippen LogP contribution in [0, 0.1) is 0 Å². The summed E-state index contributed by atoms with van der Waals surface area (Å²) in [6, 6.07) is 7.56. The summed E-state index contributed by atoms with van der Waals surface area (Å²) >= 11 is 0. The molecule has 2 aromatic heterocycles. The van der Waals surface area contributed by atoms with Crippen molar-refractivity contribution in [1.82, 2.24) is 19.9 Å². The van der Waals surface area contributed by atoms with Gasteiger partial charge in [-0.1, -0.05) is 19.4 Å². The monoisotopic (exact) mass is 340 g/mol. The first kappa shape index (κ1) is 17.1. The molecule has 25 heavy (non-hydrogen) atoms. The van der Waals surface area contributed by atoms with Crippen LogP contribution >= 0.6 is 0 Å². The van der Waals surface area contributed by atoms with E-state index < -0.39 is 0 Å². The zero-order chi connectivity index (χ0) is 17.5. The minimum atomic E-state index is -0.0402. The van der Waals surface area contributed by atoms with Gasteiger partial charge in [0.15, 0.2) is 0 Å². The smallest absolute Gasteiger partial charge is 0.272 e. The largest absolute Gasteiger partial charge is 0.354 e. The van der Waals surface area contributed by atoms with Crippen LogP contribution in [0.1, 0.15) is 30.3 Å². The lowest BCUT2D eigenvalue weighted by molar-refractivity contribution is 0.0740. The molecule has 1 fully saturated rings. The first-order chi connectivity index (χ1) is 12.3. The summed E-state index contributed by atoms with van der Waals surface area (Å²) in [5.41, 5.74) is 0.445. The molecular weight excluding hydrogens is 316 g/mol. The number of hydrogen-bond donors (Lipinski definition) is 1. The highest BCUT2D eigenvalue weighted by Gasteiger charge is 2.23. The topological polar surface area (TPSA) is 74.2 Å². The fraction of sp³-hybridized carbons (Fsp3) is 0.444. The van der Waals surface area contributed by atoms with Gasteiger partial charge in [-0.3, -0.25) is 4.79 Å². The van der Waals surface area contributed by atoms with E-state index in [0.29, 0.717) is 24.7 Å². The molecule has 0 saturated carbocycles. The van der Waals surface area contributed by atoms with Crippen molar-refractivity contribution in [3.8, 4) is 0 Å². The molecule has 0 aliphatic carbocycles. The van der Waals surface area contributed by atoms with E-state index in [0.717, 1.165) is 38.3 Å². The van der Waals surface area contributed by atoms with Gasteiger partial charge >= 0.3 is 0 Å². The fourth-order valence-electron chi connectivity index (χ4n) is 2.78. The number of carbonyl (C=O) groups excluding carboxylic acids is 1. The summed E-state index contributed by atoms with van der Waals surface area (Å²) in [6.07, 6.45) is 5.59. The molecule has 0 aromatic carbocycles. The zero-order valence-corrected chi connectivity index (χ0v) is 14.6. The van der Waals surface area contributed by atoms with E-state index in [1.54, 1.807) is 18.5 Å². The van der Waals surface area contributed by atoms with E-state index in [-0.39, 0.29) is 5.91 Å². The summed E-state index contributed by atoms with van der Waals surface area (Å²) in [5, 5.41) is 3.16.